The number of nitrogens with one attached hydrogen (secondary N) is 2. The van der Waals surface area contributed by atoms with Gasteiger partial charge in [0.05, 0.1) is 11.9 Å². The molecule has 0 atom stereocenters. The Labute approximate surface area is 104 Å². The van der Waals surface area contributed by atoms with Crippen molar-refractivity contribution >= 4 is 22.8 Å². The van der Waals surface area contributed by atoms with Crippen molar-refractivity contribution in [3.63, 3.8) is 0 Å². The number of carbonyl (C=O) groups excluding carboxylic acids is 1. The minimum atomic E-state index is 0.0397. The summed E-state index contributed by atoms with van der Waals surface area (Å²) in [4.78, 5) is 25.3. The Morgan fingerprint density at radius 3 is 2.94 bits per heavy atom. The third-order valence-corrected chi connectivity index (χ3v) is 3.41. The highest BCUT2D eigenvalue weighted by Crippen LogP contribution is 2.28. The number of rotatable bonds is 1. The quantitative estimate of drug-likeness (QED) is 0.767. The Morgan fingerprint density at radius 2 is 2.17 bits per heavy atom. The van der Waals surface area contributed by atoms with Crippen LogP contribution in [0.4, 0.5) is 5.82 Å². The van der Waals surface area contributed by atoms with Gasteiger partial charge in [-0.2, -0.15) is 0 Å². The molecule has 0 aromatic carbocycles. The van der Waals surface area contributed by atoms with Crippen LogP contribution < -0.4 is 10.2 Å². The molecule has 18 heavy (non-hydrogen) atoms. The predicted molar refractivity (Wildman–Crippen MR) is 68.6 cm³/mol. The van der Waals surface area contributed by atoms with Gasteiger partial charge in [-0.05, 0) is 19.4 Å². The fraction of sp³-hybridized carbons (Fsp3) is 0.417. The van der Waals surface area contributed by atoms with Gasteiger partial charge < -0.3 is 15.2 Å². The molecule has 1 fully saturated rings. The molecular formula is C12H15N5O. The van der Waals surface area contributed by atoms with Crippen molar-refractivity contribution in [1.29, 1.82) is 0 Å². The number of aromatic nitrogens is 3. The van der Waals surface area contributed by atoms with Crippen molar-refractivity contribution in [3.05, 3.63) is 17.6 Å². The smallest absolute Gasteiger partial charge is 0.239 e. The van der Waals surface area contributed by atoms with E-state index in [1.165, 1.54) is 0 Å². The summed E-state index contributed by atoms with van der Waals surface area (Å²) in [5.74, 6) is 0.884. The molecule has 1 aliphatic rings. The van der Waals surface area contributed by atoms with E-state index < -0.39 is 0 Å². The van der Waals surface area contributed by atoms with Crippen molar-refractivity contribution in [2.24, 2.45) is 0 Å². The number of fused-ring (bicyclic) bond motifs is 1. The third kappa shape index (κ3) is 1.61. The van der Waals surface area contributed by atoms with Gasteiger partial charge in [0.1, 0.15) is 17.8 Å². The number of H-pyrrole nitrogens is 1. The summed E-state index contributed by atoms with van der Waals surface area (Å²) in [6, 6.07) is 0. The van der Waals surface area contributed by atoms with Crippen LogP contribution in [-0.4, -0.2) is 40.5 Å². The molecule has 1 amide bonds. The van der Waals surface area contributed by atoms with Gasteiger partial charge >= 0.3 is 0 Å². The number of aryl methyl sites for hydroxylation is 2. The van der Waals surface area contributed by atoms with Crippen LogP contribution in [0.25, 0.3) is 11.0 Å². The molecule has 3 rings (SSSR count). The molecule has 2 aromatic heterocycles. The monoisotopic (exact) mass is 245 g/mol. The maximum Gasteiger partial charge on any atom is 0.239 e. The van der Waals surface area contributed by atoms with E-state index in [-0.39, 0.29) is 5.91 Å². The minimum absolute atomic E-state index is 0.0397. The van der Waals surface area contributed by atoms with Crippen LogP contribution in [0.5, 0.6) is 0 Å². The standard InChI is InChI=1S/C12H15N5O/c1-7-8(2)16-11-10(7)12(15-6-14-11)17-4-3-13-9(18)5-17/h6H,3-5H2,1-2H3,(H,13,18)(H,14,15,16). The molecule has 1 saturated heterocycles. The summed E-state index contributed by atoms with van der Waals surface area (Å²) in [5.41, 5.74) is 3.07. The number of anilines is 1. The van der Waals surface area contributed by atoms with Gasteiger partial charge in [0, 0.05) is 18.8 Å². The highest BCUT2D eigenvalue weighted by molar-refractivity contribution is 5.93. The van der Waals surface area contributed by atoms with E-state index in [2.05, 4.69) is 20.3 Å². The first-order chi connectivity index (χ1) is 8.66. The number of aromatic amines is 1. The van der Waals surface area contributed by atoms with Gasteiger partial charge in [0.15, 0.2) is 0 Å². The summed E-state index contributed by atoms with van der Waals surface area (Å²) in [6.45, 7) is 5.86. The Bertz CT molecular complexity index is 618. The highest BCUT2D eigenvalue weighted by Gasteiger charge is 2.21. The van der Waals surface area contributed by atoms with E-state index in [0.717, 1.165) is 34.7 Å². The Morgan fingerprint density at radius 1 is 1.33 bits per heavy atom. The molecule has 0 bridgehead atoms. The fourth-order valence-electron chi connectivity index (χ4n) is 2.33. The molecule has 94 valence electrons. The number of amides is 1. The maximum absolute atomic E-state index is 11.5. The number of hydrogen-bond donors (Lipinski definition) is 2. The Hall–Kier alpha value is -2.11. The fourth-order valence-corrected chi connectivity index (χ4v) is 2.33. The van der Waals surface area contributed by atoms with Crippen LogP contribution in [0.15, 0.2) is 6.33 Å². The van der Waals surface area contributed by atoms with Gasteiger partial charge in [-0.25, -0.2) is 9.97 Å². The predicted octanol–water partition coefficient (Wildman–Crippen LogP) is 0.511. The maximum atomic E-state index is 11.5. The van der Waals surface area contributed by atoms with Gasteiger partial charge in [-0.3, -0.25) is 4.79 Å². The molecule has 1 aliphatic heterocycles. The Balaban J connectivity index is 2.13. The molecule has 0 radical (unpaired) electrons. The van der Waals surface area contributed by atoms with Crippen molar-refractivity contribution in [2.45, 2.75) is 13.8 Å². The van der Waals surface area contributed by atoms with Gasteiger partial charge in [0.2, 0.25) is 5.91 Å². The van der Waals surface area contributed by atoms with Gasteiger partial charge in [-0.15, -0.1) is 0 Å². The second kappa shape index (κ2) is 3.97. The third-order valence-electron chi connectivity index (χ3n) is 3.41. The van der Waals surface area contributed by atoms with Crippen molar-refractivity contribution < 1.29 is 4.79 Å². The van der Waals surface area contributed by atoms with Crippen LogP contribution >= 0.6 is 0 Å². The molecule has 2 aromatic rings. The highest BCUT2D eigenvalue weighted by atomic mass is 16.2. The van der Waals surface area contributed by atoms with E-state index in [9.17, 15) is 4.79 Å². The first-order valence-electron chi connectivity index (χ1n) is 5.98. The summed E-state index contributed by atoms with van der Waals surface area (Å²) in [6.07, 6.45) is 1.54. The second-order valence-corrected chi connectivity index (χ2v) is 4.57. The zero-order valence-corrected chi connectivity index (χ0v) is 10.4. The van der Waals surface area contributed by atoms with Crippen LogP contribution in [-0.2, 0) is 4.79 Å². The lowest BCUT2D eigenvalue weighted by molar-refractivity contribution is -0.120. The summed E-state index contributed by atoms with van der Waals surface area (Å²) in [5, 5.41) is 3.84. The molecule has 0 saturated carbocycles. The van der Waals surface area contributed by atoms with E-state index >= 15 is 0 Å². The van der Waals surface area contributed by atoms with Crippen molar-refractivity contribution in [3.8, 4) is 0 Å². The van der Waals surface area contributed by atoms with Gasteiger partial charge in [-0.1, -0.05) is 0 Å². The molecule has 2 N–H and O–H groups in total. The molecular weight excluding hydrogens is 230 g/mol. The number of hydrogen-bond acceptors (Lipinski definition) is 4. The first-order valence-corrected chi connectivity index (χ1v) is 5.98. The van der Waals surface area contributed by atoms with E-state index in [0.29, 0.717) is 13.1 Å². The SMILES string of the molecule is Cc1[nH]c2ncnc(N3CCNC(=O)C3)c2c1C. The number of nitrogens with zero attached hydrogens (tertiary/aromatic N) is 3. The summed E-state index contributed by atoms with van der Waals surface area (Å²) in [7, 11) is 0. The van der Waals surface area contributed by atoms with E-state index in [1.807, 2.05) is 18.7 Å². The van der Waals surface area contributed by atoms with E-state index in [1.54, 1.807) is 6.33 Å². The molecule has 3 heterocycles. The van der Waals surface area contributed by atoms with E-state index in [4.69, 9.17) is 0 Å². The van der Waals surface area contributed by atoms with Crippen LogP contribution in [0, 0.1) is 13.8 Å². The lowest BCUT2D eigenvalue weighted by atomic mass is 10.2. The minimum Gasteiger partial charge on any atom is -0.353 e. The lowest BCUT2D eigenvalue weighted by Crippen LogP contribution is -2.48. The first kappa shape index (κ1) is 11.0. The summed E-state index contributed by atoms with van der Waals surface area (Å²) >= 11 is 0. The molecule has 0 spiro atoms. The average Bonchev–Trinajstić information content (AvgIpc) is 2.65. The molecule has 6 heteroatoms. The molecule has 0 aliphatic carbocycles. The van der Waals surface area contributed by atoms with Gasteiger partial charge in [0.25, 0.3) is 0 Å². The zero-order valence-electron chi connectivity index (χ0n) is 10.4. The summed E-state index contributed by atoms with van der Waals surface area (Å²) < 4.78 is 0. The average molecular weight is 245 g/mol. The van der Waals surface area contributed by atoms with Crippen molar-refractivity contribution in [1.82, 2.24) is 20.3 Å². The van der Waals surface area contributed by atoms with Crippen LogP contribution in [0.1, 0.15) is 11.3 Å². The van der Waals surface area contributed by atoms with Crippen LogP contribution in [0.3, 0.4) is 0 Å². The number of piperazine rings is 1. The molecule has 6 nitrogen and oxygen atoms in total. The topological polar surface area (TPSA) is 73.9 Å². The largest absolute Gasteiger partial charge is 0.353 e. The Kier molecular flexibility index (Phi) is 2.43. The molecule has 0 unspecified atom stereocenters. The van der Waals surface area contributed by atoms with Crippen LogP contribution in [0.2, 0.25) is 0 Å². The lowest BCUT2D eigenvalue weighted by Gasteiger charge is -2.28. The van der Waals surface area contributed by atoms with Crippen molar-refractivity contribution in [2.75, 3.05) is 24.5 Å². The zero-order chi connectivity index (χ0) is 12.7. The number of carbonyl (C=O) groups is 1. The second-order valence-electron chi connectivity index (χ2n) is 4.57. The normalized spacial score (nSPS) is 16.1.